The number of para-hydroxylation sites is 2. The van der Waals surface area contributed by atoms with Crippen LogP contribution in [-0.2, 0) is 0 Å². The Morgan fingerprint density at radius 1 is 0.750 bits per heavy atom. The van der Waals surface area contributed by atoms with E-state index in [1.54, 1.807) is 18.2 Å². The molecule has 3 aromatic carbocycles. The number of benzene rings is 3. The lowest BCUT2D eigenvalue weighted by atomic mass is 10.3. The average molecular weight is 338 g/mol. The van der Waals surface area contributed by atoms with E-state index in [0.717, 1.165) is 17.2 Å². The van der Waals surface area contributed by atoms with Gasteiger partial charge in [-0.3, -0.25) is 0 Å². The van der Waals surface area contributed by atoms with Gasteiger partial charge in [-0.2, -0.15) is 0 Å². The Balaban J connectivity index is 1.60. The third-order valence-electron chi connectivity index (χ3n) is 3.21. The fourth-order valence-corrected chi connectivity index (χ4v) is 2.31. The largest absolute Gasteiger partial charge is 0.457 e. The Labute approximate surface area is 145 Å². The predicted molar refractivity (Wildman–Crippen MR) is 99.2 cm³/mol. The Kier molecular flexibility index (Phi) is 5.03. The first-order valence-corrected chi connectivity index (χ1v) is 7.77. The first kappa shape index (κ1) is 16.0. The summed E-state index contributed by atoms with van der Waals surface area (Å²) in [4.78, 5) is 0. The summed E-state index contributed by atoms with van der Waals surface area (Å²) in [7, 11) is 0. The lowest BCUT2D eigenvalue weighted by Gasteiger charge is -2.12. The molecule has 0 unspecified atom stereocenters. The highest BCUT2D eigenvalue weighted by Gasteiger charge is 2.04. The first-order valence-electron chi connectivity index (χ1n) is 7.36. The molecule has 120 valence electrons. The average Bonchev–Trinajstić information content (AvgIpc) is 2.60. The first-order chi connectivity index (χ1) is 11.7. The van der Waals surface area contributed by atoms with Crippen LogP contribution in [0, 0.1) is 5.82 Å². The summed E-state index contributed by atoms with van der Waals surface area (Å²) < 4.78 is 19.3. The van der Waals surface area contributed by atoms with E-state index in [4.69, 9.17) is 17.0 Å². The highest BCUT2D eigenvalue weighted by molar-refractivity contribution is 7.80. The standard InChI is InChI=1S/C19H15FN2OS/c20-17-8-4-5-9-18(17)22-19(24)21-14-10-12-16(13-11-14)23-15-6-2-1-3-7-15/h1-13H,(H2,21,22,24). The number of halogens is 1. The van der Waals surface area contributed by atoms with Gasteiger partial charge in [-0.15, -0.1) is 0 Å². The fourth-order valence-electron chi connectivity index (χ4n) is 2.08. The SMILES string of the molecule is Fc1ccccc1NC(=S)Nc1ccc(Oc2ccccc2)cc1. The molecule has 0 fully saturated rings. The molecule has 0 aliphatic heterocycles. The molecule has 0 bridgehead atoms. The lowest BCUT2D eigenvalue weighted by Crippen LogP contribution is -2.19. The van der Waals surface area contributed by atoms with E-state index in [9.17, 15) is 4.39 Å². The van der Waals surface area contributed by atoms with Crippen molar-refractivity contribution in [2.75, 3.05) is 10.6 Å². The van der Waals surface area contributed by atoms with E-state index in [-0.39, 0.29) is 5.82 Å². The summed E-state index contributed by atoms with van der Waals surface area (Å²) in [5, 5.41) is 6.15. The summed E-state index contributed by atoms with van der Waals surface area (Å²) in [5.41, 5.74) is 1.11. The third kappa shape index (κ3) is 4.30. The van der Waals surface area contributed by atoms with Crippen LogP contribution in [0.3, 0.4) is 0 Å². The van der Waals surface area contributed by atoms with E-state index in [1.165, 1.54) is 6.07 Å². The van der Waals surface area contributed by atoms with Crippen molar-refractivity contribution in [3.05, 3.63) is 84.7 Å². The maximum atomic E-state index is 13.6. The van der Waals surface area contributed by atoms with Gasteiger partial charge in [0.15, 0.2) is 5.11 Å². The molecule has 0 aromatic heterocycles. The van der Waals surface area contributed by atoms with Gasteiger partial charge in [0.05, 0.1) is 5.69 Å². The second kappa shape index (κ2) is 7.57. The number of hydrogen-bond acceptors (Lipinski definition) is 2. The zero-order valence-electron chi connectivity index (χ0n) is 12.7. The highest BCUT2D eigenvalue weighted by atomic mass is 32.1. The molecule has 0 heterocycles. The number of ether oxygens (including phenoxy) is 1. The Hall–Kier alpha value is -2.92. The van der Waals surface area contributed by atoms with Crippen molar-refractivity contribution in [1.29, 1.82) is 0 Å². The van der Waals surface area contributed by atoms with Crippen molar-refractivity contribution >= 4 is 28.7 Å². The predicted octanol–water partition coefficient (Wildman–Crippen LogP) is 5.43. The monoisotopic (exact) mass is 338 g/mol. The summed E-state index contributed by atoms with van der Waals surface area (Å²) in [5.74, 6) is 1.14. The Morgan fingerprint density at radius 2 is 1.38 bits per heavy atom. The second-order valence-electron chi connectivity index (χ2n) is 5.00. The van der Waals surface area contributed by atoms with Gasteiger partial charge in [-0.05, 0) is 60.7 Å². The zero-order chi connectivity index (χ0) is 16.8. The minimum atomic E-state index is -0.353. The summed E-state index contributed by atoms with van der Waals surface area (Å²) >= 11 is 5.20. The van der Waals surface area contributed by atoms with Crippen molar-refractivity contribution in [2.45, 2.75) is 0 Å². The fraction of sp³-hybridized carbons (Fsp3) is 0. The molecule has 24 heavy (non-hydrogen) atoms. The van der Waals surface area contributed by atoms with Gasteiger partial charge >= 0.3 is 0 Å². The van der Waals surface area contributed by atoms with Crippen LogP contribution in [0.4, 0.5) is 15.8 Å². The van der Waals surface area contributed by atoms with Crippen LogP contribution < -0.4 is 15.4 Å². The molecule has 5 heteroatoms. The summed E-state index contributed by atoms with van der Waals surface area (Å²) in [6.45, 7) is 0. The molecule has 0 radical (unpaired) electrons. The van der Waals surface area contributed by atoms with Crippen LogP contribution in [0.15, 0.2) is 78.9 Å². The van der Waals surface area contributed by atoms with Crippen LogP contribution in [0.5, 0.6) is 11.5 Å². The van der Waals surface area contributed by atoms with Gasteiger partial charge in [0.25, 0.3) is 0 Å². The van der Waals surface area contributed by atoms with Crippen LogP contribution in [0.25, 0.3) is 0 Å². The maximum absolute atomic E-state index is 13.6. The molecule has 0 saturated carbocycles. The molecule has 0 spiro atoms. The molecule has 0 saturated heterocycles. The molecule has 0 aliphatic rings. The molecule has 3 nitrogen and oxygen atoms in total. The van der Waals surface area contributed by atoms with Crippen molar-refractivity contribution in [3.63, 3.8) is 0 Å². The van der Waals surface area contributed by atoms with Crippen molar-refractivity contribution in [2.24, 2.45) is 0 Å². The topological polar surface area (TPSA) is 33.3 Å². The number of anilines is 2. The summed E-state index contributed by atoms with van der Waals surface area (Å²) in [6.07, 6.45) is 0. The molecule has 0 atom stereocenters. The molecule has 3 rings (SSSR count). The number of nitrogens with one attached hydrogen (secondary N) is 2. The summed E-state index contributed by atoms with van der Waals surface area (Å²) in [6, 6.07) is 23.3. The number of hydrogen-bond donors (Lipinski definition) is 2. The van der Waals surface area contributed by atoms with Gasteiger partial charge in [0.1, 0.15) is 17.3 Å². The molecule has 2 N–H and O–H groups in total. The molecule has 0 amide bonds. The molecule has 3 aromatic rings. The molecular formula is C19H15FN2OS. The van der Waals surface area contributed by atoms with Crippen LogP contribution >= 0.6 is 12.2 Å². The van der Waals surface area contributed by atoms with Crippen LogP contribution in [0.1, 0.15) is 0 Å². The molecule has 0 aliphatic carbocycles. The van der Waals surface area contributed by atoms with Gasteiger partial charge < -0.3 is 15.4 Å². The van der Waals surface area contributed by atoms with Gasteiger partial charge in [-0.1, -0.05) is 30.3 Å². The Bertz CT molecular complexity index is 822. The van der Waals surface area contributed by atoms with Crippen molar-refractivity contribution in [3.8, 4) is 11.5 Å². The van der Waals surface area contributed by atoms with E-state index in [2.05, 4.69) is 10.6 Å². The number of rotatable bonds is 4. The van der Waals surface area contributed by atoms with E-state index < -0.39 is 0 Å². The van der Waals surface area contributed by atoms with E-state index in [1.807, 2.05) is 54.6 Å². The lowest BCUT2D eigenvalue weighted by molar-refractivity contribution is 0.483. The minimum Gasteiger partial charge on any atom is -0.457 e. The van der Waals surface area contributed by atoms with E-state index >= 15 is 0 Å². The normalized spacial score (nSPS) is 10.0. The molecular weight excluding hydrogens is 323 g/mol. The Morgan fingerprint density at radius 3 is 2.08 bits per heavy atom. The smallest absolute Gasteiger partial charge is 0.175 e. The minimum absolute atomic E-state index is 0.317. The van der Waals surface area contributed by atoms with Crippen LogP contribution in [-0.4, -0.2) is 5.11 Å². The van der Waals surface area contributed by atoms with Crippen molar-refractivity contribution in [1.82, 2.24) is 0 Å². The third-order valence-corrected chi connectivity index (χ3v) is 3.42. The van der Waals surface area contributed by atoms with Gasteiger partial charge in [0, 0.05) is 5.69 Å². The van der Waals surface area contributed by atoms with Gasteiger partial charge in [0.2, 0.25) is 0 Å². The second-order valence-corrected chi connectivity index (χ2v) is 5.41. The van der Waals surface area contributed by atoms with Crippen LogP contribution in [0.2, 0.25) is 0 Å². The van der Waals surface area contributed by atoms with E-state index in [0.29, 0.717) is 10.8 Å². The number of thiocarbonyl (C=S) groups is 1. The zero-order valence-corrected chi connectivity index (χ0v) is 13.5. The highest BCUT2D eigenvalue weighted by Crippen LogP contribution is 2.22. The van der Waals surface area contributed by atoms with Gasteiger partial charge in [-0.25, -0.2) is 4.39 Å². The van der Waals surface area contributed by atoms with Crippen molar-refractivity contribution < 1.29 is 9.13 Å². The quantitative estimate of drug-likeness (QED) is 0.622. The maximum Gasteiger partial charge on any atom is 0.175 e.